The van der Waals surface area contributed by atoms with Crippen LogP contribution in [-0.4, -0.2) is 4.98 Å². The number of aryl methyl sites for hydroxylation is 3. The third-order valence-corrected chi connectivity index (χ3v) is 5.27. The van der Waals surface area contributed by atoms with E-state index < -0.39 is 0 Å². The van der Waals surface area contributed by atoms with Gasteiger partial charge in [0.2, 0.25) is 0 Å². The van der Waals surface area contributed by atoms with Gasteiger partial charge in [-0.25, -0.2) is 0 Å². The van der Waals surface area contributed by atoms with Crippen molar-refractivity contribution in [3.05, 3.63) is 89.6 Å². The van der Waals surface area contributed by atoms with Crippen LogP contribution in [0.1, 0.15) is 16.7 Å². The van der Waals surface area contributed by atoms with Gasteiger partial charge in [0.25, 0.3) is 0 Å². The molecule has 1 aliphatic rings. The number of benzene rings is 3. The van der Waals surface area contributed by atoms with Gasteiger partial charge in [0, 0.05) is 17.1 Å². The van der Waals surface area contributed by atoms with Crippen molar-refractivity contribution in [3.8, 4) is 22.4 Å². The Morgan fingerprint density at radius 3 is 2.56 bits per heavy atom. The molecule has 0 bridgehead atoms. The zero-order valence-corrected chi connectivity index (χ0v) is 14.3. The Morgan fingerprint density at radius 2 is 1.60 bits per heavy atom. The SMILES string of the molecule is Cc1ccc2c(-c3ccc4c(c3)CCc3ccccc3-4)nccc2c1. The van der Waals surface area contributed by atoms with E-state index >= 15 is 0 Å². The summed E-state index contributed by atoms with van der Waals surface area (Å²) in [5.41, 5.74) is 9.24. The molecule has 0 fully saturated rings. The molecular formula is C24H19N. The molecule has 1 nitrogen and oxygen atoms in total. The fourth-order valence-corrected chi connectivity index (χ4v) is 4.01. The van der Waals surface area contributed by atoms with Crippen LogP contribution in [0, 0.1) is 6.92 Å². The van der Waals surface area contributed by atoms with Crippen molar-refractivity contribution in [1.29, 1.82) is 0 Å². The number of fused-ring (bicyclic) bond motifs is 4. The van der Waals surface area contributed by atoms with Crippen molar-refractivity contribution >= 4 is 10.8 Å². The summed E-state index contributed by atoms with van der Waals surface area (Å²) in [4.78, 5) is 4.70. The van der Waals surface area contributed by atoms with Crippen molar-refractivity contribution in [3.63, 3.8) is 0 Å². The minimum atomic E-state index is 1.08. The highest BCUT2D eigenvalue weighted by molar-refractivity contribution is 5.95. The number of nitrogens with zero attached hydrogens (tertiary/aromatic N) is 1. The monoisotopic (exact) mass is 321 g/mol. The van der Waals surface area contributed by atoms with Crippen molar-refractivity contribution in [2.75, 3.05) is 0 Å². The second kappa shape index (κ2) is 5.56. The van der Waals surface area contributed by atoms with Crippen molar-refractivity contribution in [2.45, 2.75) is 19.8 Å². The van der Waals surface area contributed by atoms with Crippen molar-refractivity contribution in [2.24, 2.45) is 0 Å². The first-order valence-electron chi connectivity index (χ1n) is 8.86. The second-order valence-corrected chi connectivity index (χ2v) is 6.91. The Labute approximate surface area is 148 Å². The molecule has 3 aromatic carbocycles. The largest absolute Gasteiger partial charge is 0.256 e. The lowest BCUT2D eigenvalue weighted by Crippen LogP contribution is -2.04. The highest BCUT2D eigenvalue weighted by atomic mass is 14.7. The van der Waals surface area contributed by atoms with Crippen LogP contribution in [0.15, 0.2) is 72.9 Å². The van der Waals surface area contributed by atoms with E-state index in [1.165, 1.54) is 44.2 Å². The van der Waals surface area contributed by atoms with E-state index in [4.69, 9.17) is 4.98 Å². The summed E-state index contributed by atoms with van der Waals surface area (Å²) in [5, 5.41) is 2.48. The van der Waals surface area contributed by atoms with E-state index in [0.29, 0.717) is 0 Å². The smallest absolute Gasteiger partial charge is 0.0780 e. The lowest BCUT2D eigenvalue weighted by molar-refractivity contribution is 0.942. The highest BCUT2D eigenvalue weighted by Crippen LogP contribution is 2.36. The summed E-state index contributed by atoms with van der Waals surface area (Å²) in [6.45, 7) is 2.13. The predicted octanol–water partition coefficient (Wildman–Crippen LogP) is 5.98. The Bertz CT molecular complexity index is 1110. The topological polar surface area (TPSA) is 12.9 Å². The average molecular weight is 321 g/mol. The third-order valence-electron chi connectivity index (χ3n) is 5.27. The first-order valence-corrected chi connectivity index (χ1v) is 8.86. The Hall–Kier alpha value is -2.93. The van der Waals surface area contributed by atoms with Crippen LogP contribution in [0.3, 0.4) is 0 Å². The van der Waals surface area contributed by atoms with Gasteiger partial charge < -0.3 is 0 Å². The molecule has 0 saturated heterocycles. The normalized spacial score (nSPS) is 12.7. The molecule has 4 aromatic rings. The van der Waals surface area contributed by atoms with E-state index in [1.54, 1.807) is 0 Å². The van der Waals surface area contributed by atoms with Crippen LogP contribution in [0.5, 0.6) is 0 Å². The van der Waals surface area contributed by atoms with Crippen LogP contribution in [0.2, 0.25) is 0 Å². The fraction of sp³-hybridized carbons (Fsp3) is 0.125. The minimum absolute atomic E-state index is 1.08. The molecular weight excluding hydrogens is 302 g/mol. The van der Waals surface area contributed by atoms with Gasteiger partial charge in [-0.15, -0.1) is 0 Å². The van der Waals surface area contributed by atoms with E-state index in [0.717, 1.165) is 18.5 Å². The second-order valence-electron chi connectivity index (χ2n) is 6.91. The van der Waals surface area contributed by atoms with Crippen molar-refractivity contribution < 1.29 is 0 Å². The summed E-state index contributed by atoms with van der Waals surface area (Å²) in [6.07, 6.45) is 4.14. The number of hydrogen-bond acceptors (Lipinski definition) is 1. The molecule has 0 radical (unpaired) electrons. The Kier molecular flexibility index (Phi) is 3.21. The van der Waals surface area contributed by atoms with Crippen LogP contribution in [0.25, 0.3) is 33.2 Å². The molecule has 1 aromatic heterocycles. The molecule has 25 heavy (non-hydrogen) atoms. The molecule has 0 saturated carbocycles. The molecule has 120 valence electrons. The molecule has 0 atom stereocenters. The summed E-state index contributed by atoms with van der Waals surface area (Å²) >= 11 is 0. The number of rotatable bonds is 1. The van der Waals surface area contributed by atoms with E-state index in [9.17, 15) is 0 Å². The lowest BCUT2D eigenvalue weighted by atomic mass is 9.84. The molecule has 1 aliphatic carbocycles. The lowest BCUT2D eigenvalue weighted by Gasteiger charge is -2.20. The minimum Gasteiger partial charge on any atom is -0.256 e. The van der Waals surface area contributed by atoms with Gasteiger partial charge in [-0.1, -0.05) is 60.2 Å². The molecule has 1 heteroatoms. The van der Waals surface area contributed by atoms with Gasteiger partial charge in [-0.05, 0) is 59.5 Å². The number of pyridine rings is 1. The predicted molar refractivity (Wildman–Crippen MR) is 105 cm³/mol. The van der Waals surface area contributed by atoms with Crippen LogP contribution in [0.4, 0.5) is 0 Å². The van der Waals surface area contributed by atoms with Crippen molar-refractivity contribution in [1.82, 2.24) is 4.98 Å². The quantitative estimate of drug-likeness (QED) is 0.420. The van der Waals surface area contributed by atoms with Crippen LogP contribution < -0.4 is 0 Å². The Morgan fingerprint density at radius 1 is 0.760 bits per heavy atom. The van der Waals surface area contributed by atoms with Crippen LogP contribution >= 0.6 is 0 Å². The third kappa shape index (κ3) is 2.35. The Balaban J connectivity index is 1.69. The summed E-state index contributed by atoms with van der Waals surface area (Å²) < 4.78 is 0. The summed E-state index contributed by atoms with van der Waals surface area (Å²) in [7, 11) is 0. The highest BCUT2D eigenvalue weighted by Gasteiger charge is 2.16. The maximum atomic E-state index is 4.70. The molecule has 0 aliphatic heterocycles. The maximum absolute atomic E-state index is 4.70. The zero-order valence-electron chi connectivity index (χ0n) is 14.3. The van der Waals surface area contributed by atoms with E-state index in [-0.39, 0.29) is 0 Å². The molecule has 0 amide bonds. The molecule has 5 rings (SSSR count). The van der Waals surface area contributed by atoms with Crippen LogP contribution in [-0.2, 0) is 12.8 Å². The number of hydrogen-bond donors (Lipinski definition) is 0. The molecule has 0 spiro atoms. The van der Waals surface area contributed by atoms with Gasteiger partial charge in [0.1, 0.15) is 0 Å². The standard InChI is InChI=1S/C24H19N/c1-16-6-10-23-19(14-16)12-13-25-24(23)20-9-11-22-18(15-20)8-7-17-4-2-3-5-21(17)22/h2-6,9-15H,7-8H2,1H3. The van der Waals surface area contributed by atoms with Gasteiger partial charge in [-0.3, -0.25) is 4.98 Å². The molecule has 1 heterocycles. The van der Waals surface area contributed by atoms with Gasteiger partial charge in [-0.2, -0.15) is 0 Å². The fourth-order valence-electron chi connectivity index (χ4n) is 4.01. The number of aromatic nitrogens is 1. The summed E-state index contributed by atoms with van der Waals surface area (Å²) in [5.74, 6) is 0. The summed E-state index contributed by atoms with van der Waals surface area (Å²) in [6, 6.07) is 24.3. The first-order chi connectivity index (χ1) is 12.3. The van der Waals surface area contributed by atoms with Gasteiger partial charge in [0.15, 0.2) is 0 Å². The zero-order chi connectivity index (χ0) is 16.8. The van der Waals surface area contributed by atoms with Gasteiger partial charge in [0.05, 0.1) is 5.69 Å². The maximum Gasteiger partial charge on any atom is 0.0780 e. The van der Waals surface area contributed by atoms with E-state index in [1.807, 2.05) is 6.20 Å². The van der Waals surface area contributed by atoms with E-state index in [2.05, 4.69) is 73.7 Å². The van der Waals surface area contributed by atoms with Gasteiger partial charge >= 0.3 is 0 Å². The molecule has 0 unspecified atom stereocenters. The first kappa shape index (κ1) is 14.4. The molecule has 0 N–H and O–H groups in total. The average Bonchev–Trinajstić information content (AvgIpc) is 2.66.